The number of nitriles is 1. The third-order valence-electron chi connectivity index (χ3n) is 1.98. The second-order valence-corrected chi connectivity index (χ2v) is 3.53. The maximum Gasteiger partial charge on any atom is 0.356 e. The van der Waals surface area contributed by atoms with Crippen molar-refractivity contribution in [3.05, 3.63) is 28.6 Å². The summed E-state index contributed by atoms with van der Waals surface area (Å²) in [4.78, 5) is 14.8. The van der Waals surface area contributed by atoms with Crippen molar-refractivity contribution in [3.8, 4) is 6.07 Å². The lowest BCUT2D eigenvalue weighted by Crippen LogP contribution is -2.11. The highest BCUT2D eigenvalue weighted by Gasteiger charge is 2.22. The predicted octanol–water partition coefficient (Wildman–Crippen LogP) is 2.57. The summed E-state index contributed by atoms with van der Waals surface area (Å²) < 4.78 is 29.7. The SMILES string of the molecule is COC(=O)c1nc(C(F)F)c(C#N)cc1CBr. The van der Waals surface area contributed by atoms with E-state index in [1.54, 1.807) is 6.07 Å². The number of nitrogens with zero attached hydrogens (tertiary/aromatic N) is 2. The van der Waals surface area contributed by atoms with E-state index in [-0.39, 0.29) is 16.6 Å². The Balaban J connectivity index is 3.45. The molecule has 0 aliphatic carbocycles. The number of alkyl halides is 3. The minimum atomic E-state index is -2.92. The standard InChI is InChI=1S/C10H7BrF2N2O2/c1-17-10(16)8-5(3-11)2-6(4-14)7(15-8)9(12)13/h2,9H,3H2,1H3. The number of aromatic nitrogens is 1. The molecule has 1 heterocycles. The summed E-state index contributed by atoms with van der Waals surface area (Å²) in [6, 6.07) is 2.82. The molecule has 0 atom stereocenters. The Bertz CT molecular complexity index is 486. The van der Waals surface area contributed by atoms with Crippen molar-refractivity contribution < 1.29 is 18.3 Å². The number of hydrogen-bond acceptors (Lipinski definition) is 4. The molecule has 90 valence electrons. The van der Waals surface area contributed by atoms with Crippen molar-refractivity contribution in [2.24, 2.45) is 0 Å². The third kappa shape index (κ3) is 2.77. The molecule has 17 heavy (non-hydrogen) atoms. The van der Waals surface area contributed by atoms with Gasteiger partial charge in [-0.3, -0.25) is 0 Å². The van der Waals surface area contributed by atoms with Crippen molar-refractivity contribution in [2.45, 2.75) is 11.8 Å². The first-order valence-corrected chi connectivity index (χ1v) is 5.53. The maximum atomic E-state index is 12.6. The van der Waals surface area contributed by atoms with Crippen LogP contribution in [0.15, 0.2) is 6.07 Å². The average molecular weight is 305 g/mol. The molecule has 0 saturated carbocycles. The van der Waals surface area contributed by atoms with Gasteiger partial charge >= 0.3 is 5.97 Å². The summed E-state index contributed by atoms with van der Waals surface area (Å²) in [6.45, 7) is 0. The first kappa shape index (κ1) is 13.5. The van der Waals surface area contributed by atoms with Crippen LogP contribution >= 0.6 is 15.9 Å². The molecule has 7 heteroatoms. The minimum Gasteiger partial charge on any atom is -0.464 e. The van der Waals surface area contributed by atoms with Gasteiger partial charge in [-0.15, -0.1) is 0 Å². The van der Waals surface area contributed by atoms with Crippen LogP contribution in [0.4, 0.5) is 8.78 Å². The van der Waals surface area contributed by atoms with Crippen LogP contribution in [0.2, 0.25) is 0 Å². The first-order valence-electron chi connectivity index (χ1n) is 4.41. The number of methoxy groups -OCH3 is 1. The Labute approximate surface area is 104 Å². The quantitative estimate of drug-likeness (QED) is 0.636. The second-order valence-electron chi connectivity index (χ2n) is 2.97. The van der Waals surface area contributed by atoms with Gasteiger partial charge in [0.1, 0.15) is 11.8 Å². The highest BCUT2D eigenvalue weighted by atomic mass is 79.9. The van der Waals surface area contributed by atoms with Crippen LogP contribution in [0, 0.1) is 11.3 Å². The predicted molar refractivity (Wildman–Crippen MR) is 57.9 cm³/mol. The topological polar surface area (TPSA) is 63.0 Å². The van der Waals surface area contributed by atoms with E-state index in [0.717, 1.165) is 7.11 Å². The molecular formula is C10H7BrF2N2O2. The van der Waals surface area contributed by atoms with E-state index in [0.29, 0.717) is 5.56 Å². The van der Waals surface area contributed by atoms with Crippen LogP contribution in [-0.2, 0) is 10.1 Å². The molecule has 0 spiro atoms. The van der Waals surface area contributed by atoms with Crippen LogP contribution in [0.5, 0.6) is 0 Å². The Morgan fingerprint density at radius 2 is 2.35 bits per heavy atom. The van der Waals surface area contributed by atoms with E-state index in [2.05, 4.69) is 25.7 Å². The number of halogens is 3. The highest BCUT2D eigenvalue weighted by Crippen LogP contribution is 2.24. The zero-order valence-corrected chi connectivity index (χ0v) is 10.3. The van der Waals surface area contributed by atoms with Crippen molar-refractivity contribution in [3.63, 3.8) is 0 Å². The average Bonchev–Trinajstić information content (AvgIpc) is 2.35. The number of esters is 1. The molecular weight excluding hydrogens is 298 g/mol. The molecule has 0 unspecified atom stereocenters. The molecule has 1 rings (SSSR count). The van der Waals surface area contributed by atoms with Gasteiger partial charge in [0.25, 0.3) is 6.43 Å². The fraction of sp³-hybridized carbons (Fsp3) is 0.300. The van der Waals surface area contributed by atoms with Crippen molar-refractivity contribution >= 4 is 21.9 Å². The Hall–Kier alpha value is -1.55. The molecule has 0 bridgehead atoms. The monoisotopic (exact) mass is 304 g/mol. The van der Waals surface area contributed by atoms with E-state index in [4.69, 9.17) is 5.26 Å². The van der Waals surface area contributed by atoms with E-state index >= 15 is 0 Å². The zero-order valence-electron chi connectivity index (χ0n) is 8.71. The summed E-state index contributed by atoms with van der Waals surface area (Å²) >= 11 is 3.09. The van der Waals surface area contributed by atoms with Crippen LogP contribution < -0.4 is 0 Å². The molecule has 0 saturated heterocycles. The molecule has 0 N–H and O–H groups in total. The Kier molecular flexibility index (Phi) is 4.52. The molecule has 0 fully saturated rings. The lowest BCUT2D eigenvalue weighted by Gasteiger charge is -2.08. The van der Waals surface area contributed by atoms with Gasteiger partial charge in [-0.1, -0.05) is 15.9 Å². The number of carbonyl (C=O) groups is 1. The van der Waals surface area contributed by atoms with Gasteiger partial charge in [-0.25, -0.2) is 18.6 Å². The summed E-state index contributed by atoms with van der Waals surface area (Å²) in [5, 5.41) is 8.93. The fourth-order valence-electron chi connectivity index (χ4n) is 1.20. The van der Waals surface area contributed by atoms with Gasteiger partial charge in [0.2, 0.25) is 0 Å². The largest absolute Gasteiger partial charge is 0.464 e. The van der Waals surface area contributed by atoms with Crippen LogP contribution in [0.3, 0.4) is 0 Å². The van der Waals surface area contributed by atoms with Gasteiger partial charge in [0.15, 0.2) is 5.69 Å². The zero-order chi connectivity index (χ0) is 13.0. The Morgan fingerprint density at radius 3 is 2.76 bits per heavy atom. The van der Waals surface area contributed by atoms with E-state index in [9.17, 15) is 13.6 Å². The van der Waals surface area contributed by atoms with E-state index < -0.39 is 18.1 Å². The van der Waals surface area contributed by atoms with Gasteiger partial charge in [0.05, 0.1) is 12.7 Å². The summed E-state index contributed by atoms with van der Waals surface area (Å²) in [5.74, 6) is -0.814. The Morgan fingerprint density at radius 1 is 1.71 bits per heavy atom. The summed E-state index contributed by atoms with van der Waals surface area (Å²) in [5.41, 5.74) is -0.837. The molecule has 0 aliphatic heterocycles. The van der Waals surface area contributed by atoms with E-state index in [1.807, 2.05) is 0 Å². The number of ether oxygens (including phenoxy) is 1. The molecule has 0 radical (unpaired) electrons. The number of hydrogen-bond donors (Lipinski definition) is 0. The molecule has 1 aromatic rings. The third-order valence-corrected chi connectivity index (χ3v) is 2.58. The first-order chi connectivity index (χ1) is 8.04. The molecule has 1 aromatic heterocycles. The smallest absolute Gasteiger partial charge is 0.356 e. The van der Waals surface area contributed by atoms with Crippen LogP contribution in [0.1, 0.15) is 33.7 Å². The van der Waals surface area contributed by atoms with Gasteiger partial charge in [0, 0.05) is 5.33 Å². The van der Waals surface area contributed by atoms with Crippen molar-refractivity contribution in [1.82, 2.24) is 4.98 Å². The number of rotatable bonds is 3. The summed E-state index contributed by atoms with van der Waals surface area (Å²) in [7, 11) is 1.13. The van der Waals surface area contributed by atoms with Crippen molar-refractivity contribution in [2.75, 3.05) is 7.11 Å². The highest BCUT2D eigenvalue weighted by molar-refractivity contribution is 9.08. The number of carbonyl (C=O) groups excluding carboxylic acids is 1. The summed E-state index contributed by atoms with van der Waals surface area (Å²) in [6.07, 6.45) is -2.92. The van der Waals surface area contributed by atoms with Gasteiger partial charge in [-0.05, 0) is 11.6 Å². The van der Waals surface area contributed by atoms with Crippen LogP contribution in [0.25, 0.3) is 0 Å². The van der Waals surface area contributed by atoms with Crippen LogP contribution in [-0.4, -0.2) is 18.1 Å². The number of pyridine rings is 1. The lowest BCUT2D eigenvalue weighted by atomic mass is 10.1. The second kappa shape index (κ2) is 5.68. The molecule has 0 aliphatic rings. The van der Waals surface area contributed by atoms with Gasteiger partial charge < -0.3 is 4.74 Å². The van der Waals surface area contributed by atoms with E-state index in [1.165, 1.54) is 6.07 Å². The minimum absolute atomic E-state index is 0.210. The molecule has 0 aromatic carbocycles. The normalized spacial score (nSPS) is 10.1. The lowest BCUT2D eigenvalue weighted by molar-refractivity contribution is 0.0591. The maximum absolute atomic E-state index is 12.6. The van der Waals surface area contributed by atoms with Gasteiger partial charge in [-0.2, -0.15) is 5.26 Å². The molecule has 0 amide bonds. The molecule has 4 nitrogen and oxygen atoms in total. The van der Waals surface area contributed by atoms with Crippen molar-refractivity contribution in [1.29, 1.82) is 5.26 Å². The fourth-order valence-corrected chi connectivity index (χ4v) is 1.63.